The van der Waals surface area contributed by atoms with Crippen molar-refractivity contribution in [3.05, 3.63) is 35.4 Å². The van der Waals surface area contributed by atoms with E-state index in [4.69, 9.17) is 5.84 Å². The Hall–Kier alpha value is -1.55. The van der Waals surface area contributed by atoms with E-state index >= 15 is 0 Å². The molecule has 4 heteroatoms. The number of carbonyl (C=O) groups excluding carboxylic acids is 1. The van der Waals surface area contributed by atoms with Crippen LogP contribution in [0.4, 0.5) is 4.79 Å². The second-order valence-electron chi connectivity index (χ2n) is 3.61. The van der Waals surface area contributed by atoms with Gasteiger partial charge in [0.05, 0.1) is 0 Å². The third-order valence-corrected chi connectivity index (χ3v) is 2.33. The van der Waals surface area contributed by atoms with Gasteiger partial charge in [-0.25, -0.2) is 10.6 Å². The van der Waals surface area contributed by atoms with Crippen LogP contribution < -0.4 is 11.3 Å². The SMILES string of the molecule is Cc1ccc(CCN(C)C(=O)NN)cc1. The third-order valence-electron chi connectivity index (χ3n) is 2.33. The molecular formula is C11H17N3O. The first-order valence-electron chi connectivity index (χ1n) is 4.90. The molecular weight excluding hydrogens is 190 g/mol. The van der Waals surface area contributed by atoms with Crippen molar-refractivity contribution in [1.82, 2.24) is 10.3 Å². The monoisotopic (exact) mass is 207 g/mol. The van der Waals surface area contributed by atoms with Gasteiger partial charge in [-0.1, -0.05) is 29.8 Å². The minimum atomic E-state index is -0.262. The van der Waals surface area contributed by atoms with E-state index < -0.39 is 0 Å². The minimum absolute atomic E-state index is 0.262. The molecule has 0 bridgehead atoms. The van der Waals surface area contributed by atoms with Crippen molar-refractivity contribution in [1.29, 1.82) is 0 Å². The molecule has 0 aliphatic carbocycles. The van der Waals surface area contributed by atoms with Gasteiger partial charge in [-0.15, -0.1) is 0 Å². The quantitative estimate of drug-likeness (QED) is 0.442. The lowest BCUT2D eigenvalue weighted by atomic mass is 10.1. The molecule has 0 spiro atoms. The zero-order valence-electron chi connectivity index (χ0n) is 9.16. The van der Waals surface area contributed by atoms with Crippen LogP contribution in [0.1, 0.15) is 11.1 Å². The molecule has 0 aliphatic heterocycles. The molecule has 0 aliphatic rings. The first kappa shape index (κ1) is 11.5. The number of urea groups is 1. The van der Waals surface area contributed by atoms with Gasteiger partial charge >= 0.3 is 6.03 Å². The standard InChI is InChI=1S/C11H17N3O/c1-9-3-5-10(6-4-9)7-8-14(2)11(15)13-12/h3-6H,7-8,12H2,1-2H3,(H,13,15). The fourth-order valence-electron chi connectivity index (χ4n) is 1.26. The summed E-state index contributed by atoms with van der Waals surface area (Å²) in [6, 6.07) is 8.02. The number of rotatable bonds is 3. The molecule has 0 aromatic heterocycles. The molecule has 0 saturated heterocycles. The van der Waals surface area contributed by atoms with Gasteiger partial charge < -0.3 is 4.90 Å². The number of aryl methyl sites for hydroxylation is 1. The van der Waals surface area contributed by atoms with Crippen molar-refractivity contribution < 1.29 is 4.79 Å². The fraction of sp³-hybridized carbons (Fsp3) is 0.364. The topological polar surface area (TPSA) is 58.4 Å². The van der Waals surface area contributed by atoms with Crippen LogP contribution in [-0.2, 0) is 6.42 Å². The lowest BCUT2D eigenvalue weighted by Crippen LogP contribution is -2.41. The molecule has 1 rings (SSSR count). The van der Waals surface area contributed by atoms with Gasteiger partial charge in [0.25, 0.3) is 0 Å². The maximum absolute atomic E-state index is 11.1. The summed E-state index contributed by atoms with van der Waals surface area (Å²) in [6.45, 7) is 2.71. The van der Waals surface area contributed by atoms with E-state index in [9.17, 15) is 4.79 Å². The van der Waals surface area contributed by atoms with E-state index in [-0.39, 0.29) is 6.03 Å². The Morgan fingerprint density at radius 2 is 2.00 bits per heavy atom. The molecule has 0 unspecified atom stereocenters. The van der Waals surface area contributed by atoms with E-state index in [0.29, 0.717) is 6.54 Å². The van der Waals surface area contributed by atoms with Gasteiger partial charge in [0.2, 0.25) is 0 Å². The number of nitrogens with one attached hydrogen (secondary N) is 1. The average Bonchev–Trinajstić information content (AvgIpc) is 2.26. The first-order chi connectivity index (χ1) is 7.13. The zero-order valence-corrected chi connectivity index (χ0v) is 9.16. The number of benzene rings is 1. The molecule has 82 valence electrons. The summed E-state index contributed by atoms with van der Waals surface area (Å²) in [7, 11) is 1.72. The van der Waals surface area contributed by atoms with E-state index in [2.05, 4.69) is 36.6 Å². The number of hydrogen-bond donors (Lipinski definition) is 2. The van der Waals surface area contributed by atoms with Gasteiger partial charge in [-0.3, -0.25) is 5.43 Å². The number of amides is 2. The Kier molecular flexibility index (Phi) is 4.12. The number of likely N-dealkylation sites (N-methyl/N-ethyl adjacent to an activating group) is 1. The van der Waals surface area contributed by atoms with E-state index in [1.54, 1.807) is 11.9 Å². The summed E-state index contributed by atoms with van der Waals surface area (Å²) >= 11 is 0. The Morgan fingerprint density at radius 1 is 1.40 bits per heavy atom. The highest BCUT2D eigenvalue weighted by Gasteiger charge is 2.05. The Morgan fingerprint density at radius 3 is 2.53 bits per heavy atom. The number of hydrogen-bond acceptors (Lipinski definition) is 2. The van der Waals surface area contributed by atoms with Crippen LogP contribution in [0.5, 0.6) is 0 Å². The normalized spacial score (nSPS) is 9.80. The summed E-state index contributed by atoms with van der Waals surface area (Å²) in [6.07, 6.45) is 0.837. The highest BCUT2D eigenvalue weighted by Crippen LogP contribution is 2.04. The Labute approximate surface area is 90.0 Å². The van der Waals surface area contributed by atoms with Gasteiger partial charge in [0.1, 0.15) is 0 Å². The summed E-state index contributed by atoms with van der Waals surface area (Å²) in [4.78, 5) is 12.6. The lowest BCUT2D eigenvalue weighted by Gasteiger charge is -2.15. The van der Waals surface area contributed by atoms with Gasteiger partial charge in [-0.2, -0.15) is 0 Å². The molecule has 0 radical (unpaired) electrons. The largest absolute Gasteiger partial charge is 0.331 e. The van der Waals surface area contributed by atoms with E-state index in [1.165, 1.54) is 11.1 Å². The maximum Gasteiger partial charge on any atom is 0.331 e. The van der Waals surface area contributed by atoms with E-state index in [1.807, 2.05) is 0 Å². The predicted molar refractivity (Wildman–Crippen MR) is 60.2 cm³/mol. The summed E-state index contributed by atoms with van der Waals surface area (Å²) in [5.74, 6) is 5.02. The molecule has 1 aromatic carbocycles. The van der Waals surface area contributed by atoms with Gasteiger partial charge in [-0.05, 0) is 18.9 Å². The molecule has 0 atom stereocenters. The molecule has 3 N–H and O–H groups in total. The lowest BCUT2D eigenvalue weighted by molar-refractivity contribution is 0.209. The summed E-state index contributed by atoms with van der Waals surface area (Å²) in [5, 5.41) is 0. The highest BCUT2D eigenvalue weighted by atomic mass is 16.2. The average molecular weight is 207 g/mol. The maximum atomic E-state index is 11.1. The highest BCUT2D eigenvalue weighted by molar-refractivity contribution is 5.73. The van der Waals surface area contributed by atoms with Crippen molar-refractivity contribution in [2.24, 2.45) is 5.84 Å². The Balaban J connectivity index is 2.43. The molecule has 0 saturated carbocycles. The van der Waals surface area contributed by atoms with Crippen molar-refractivity contribution in [3.8, 4) is 0 Å². The van der Waals surface area contributed by atoms with Crippen molar-refractivity contribution in [2.75, 3.05) is 13.6 Å². The van der Waals surface area contributed by atoms with Crippen LogP contribution in [0.25, 0.3) is 0 Å². The molecule has 15 heavy (non-hydrogen) atoms. The van der Waals surface area contributed by atoms with Crippen LogP contribution in [0.3, 0.4) is 0 Å². The van der Waals surface area contributed by atoms with E-state index in [0.717, 1.165) is 6.42 Å². The number of nitrogens with zero attached hydrogens (tertiary/aromatic N) is 1. The van der Waals surface area contributed by atoms with Crippen LogP contribution >= 0.6 is 0 Å². The number of hydrazine groups is 1. The van der Waals surface area contributed by atoms with Crippen LogP contribution in [-0.4, -0.2) is 24.5 Å². The van der Waals surface area contributed by atoms with Gasteiger partial charge in [0.15, 0.2) is 0 Å². The first-order valence-corrected chi connectivity index (χ1v) is 4.90. The van der Waals surface area contributed by atoms with Gasteiger partial charge in [0, 0.05) is 13.6 Å². The molecule has 0 heterocycles. The fourth-order valence-corrected chi connectivity index (χ4v) is 1.26. The summed E-state index contributed by atoms with van der Waals surface area (Å²) < 4.78 is 0. The smallest absolute Gasteiger partial charge is 0.326 e. The van der Waals surface area contributed by atoms with Crippen molar-refractivity contribution in [3.63, 3.8) is 0 Å². The van der Waals surface area contributed by atoms with Crippen molar-refractivity contribution >= 4 is 6.03 Å². The second kappa shape index (κ2) is 5.36. The predicted octanol–water partition coefficient (Wildman–Crippen LogP) is 1.05. The summed E-state index contributed by atoms with van der Waals surface area (Å²) in [5.41, 5.74) is 4.56. The molecule has 4 nitrogen and oxygen atoms in total. The Bertz CT molecular complexity index is 321. The molecule has 0 fully saturated rings. The number of nitrogens with two attached hydrogens (primary N) is 1. The second-order valence-corrected chi connectivity index (χ2v) is 3.61. The third kappa shape index (κ3) is 3.59. The molecule has 1 aromatic rings. The van der Waals surface area contributed by atoms with Crippen LogP contribution in [0, 0.1) is 6.92 Å². The zero-order chi connectivity index (χ0) is 11.3. The van der Waals surface area contributed by atoms with Crippen LogP contribution in [0.15, 0.2) is 24.3 Å². The minimum Gasteiger partial charge on any atom is -0.326 e. The van der Waals surface area contributed by atoms with Crippen molar-refractivity contribution in [2.45, 2.75) is 13.3 Å². The number of carbonyl (C=O) groups is 1. The van der Waals surface area contributed by atoms with Crippen LogP contribution in [0.2, 0.25) is 0 Å². The molecule has 2 amide bonds.